The molecule has 54 heavy (non-hydrogen) atoms. The zero-order chi connectivity index (χ0) is 40.1. The number of alkyl carbamates (subject to hydrolysis) is 1. The van der Waals surface area contributed by atoms with Crippen LogP contribution < -0.4 is 15.0 Å². The number of unbranched alkanes of at least 4 members (excludes halogenated alkanes) is 1. The summed E-state index contributed by atoms with van der Waals surface area (Å²) in [7, 11) is 5.89. The quantitative estimate of drug-likeness (QED) is 0.175. The summed E-state index contributed by atoms with van der Waals surface area (Å²) in [6.07, 6.45) is 1.25. The van der Waals surface area contributed by atoms with Gasteiger partial charge in [-0.15, -0.1) is 0 Å². The number of halogens is 1. The van der Waals surface area contributed by atoms with Crippen molar-refractivity contribution >= 4 is 47.1 Å². The fourth-order valence-corrected chi connectivity index (χ4v) is 7.26. The number of hydrogen-bond donors (Lipinski definition) is 3. The molecule has 2 fully saturated rings. The summed E-state index contributed by atoms with van der Waals surface area (Å²) >= 11 is 6.74. The van der Waals surface area contributed by atoms with Gasteiger partial charge >= 0.3 is 18.0 Å². The minimum atomic E-state index is -1.85. The van der Waals surface area contributed by atoms with Crippen LogP contribution in [0.25, 0.3) is 0 Å². The van der Waals surface area contributed by atoms with Crippen molar-refractivity contribution in [1.29, 1.82) is 0 Å². The predicted octanol–water partition coefficient (Wildman–Crippen LogP) is 4.16. The molecule has 3 amide bonds. The Balaban J connectivity index is 1.71. The first-order chi connectivity index (χ1) is 25.3. The third kappa shape index (κ3) is 9.73. The molecule has 1 aromatic carbocycles. The number of carboxylic acid groups (broad SMARTS) is 1. The van der Waals surface area contributed by atoms with Gasteiger partial charge in [-0.2, -0.15) is 0 Å². The highest BCUT2D eigenvalue weighted by Crippen LogP contribution is 2.49. The zero-order valence-corrected chi connectivity index (χ0v) is 32.8. The smallest absolute Gasteiger partial charge is 0.409 e. The molecule has 8 atom stereocenters. The van der Waals surface area contributed by atoms with E-state index in [1.54, 1.807) is 45.2 Å². The predicted molar refractivity (Wildman–Crippen MR) is 197 cm³/mol. The fraction of sp³-hybridized carbons (Fsp3) is 0.605. The number of nitrogens with one attached hydrogen (secondary N) is 1. The molecule has 15 nitrogen and oxygen atoms in total. The standard InChI is InChI=1S/C38H52ClN3O12/c1-21-12-11-13-28(51-8)38(49)20-27(52-36(48)40-38)22(2)34-37(4,54-34)29(53-35(47)23(3)41(5)30(43)14-9-10-15-32(45)46)19-31(44)42(6)25-17-24(16-21)18-26(50-7)33(25)39/h11-13,17-18,22-23,27-29,34,49H,9-10,14-16,19-20H2,1-8H3,(H,40,48)(H,45,46)/t22-,23+,27+,28-,29+,34+,37+,38+/m1/s1. The van der Waals surface area contributed by atoms with Crippen LogP contribution in [0, 0.1) is 5.92 Å². The topological polar surface area (TPSA) is 194 Å². The van der Waals surface area contributed by atoms with Crippen molar-refractivity contribution in [2.45, 2.75) is 114 Å². The SMILES string of the molecule is COc1cc2cc(c1Cl)N(C)C(=O)C[C@H](OC(=O)[C@H](C)N(C)C(=O)CCCCC(=O)O)[C@]1(C)O[C@H]1[C@H](C)[C@@H]1C[C@@](O)(NC(=O)O1)[C@H](OC)C=CC=C(C)C2. The van der Waals surface area contributed by atoms with Crippen LogP contribution in [0.3, 0.4) is 0 Å². The van der Waals surface area contributed by atoms with Crippen LogP contribution in [-0.4, -0.2) is 115 Å². The third-order valence-corrected chi connectivity index (χ3v) is 10.9. The molecule has 3 heterocycles. The van der Waals surface area contributed by atoms with Crippen molar-refractivity contribution in [2.24, 2.45) is 5.92 Å². The molecule has 0 unspecified atom stereocenters. The molecule has 16 heteroatoms. The van der Waals surface area contributed by atoms with E-state index in [0.29, 0.717) is 30.7 Å². The van der Waals surface area contributed by atoms with Crippen molar-refractivity contribution in [3.8, 4) is 5.75 Å². The number of allylic oxidation sites excluding steroid dienone is 3. The van der Waals surface area contributed by atoms with Gasteiger partial charge in [0.2, 0.25) is 11.8 Å². The molecular weight excluding hydrogens is 726 g/mol. The van der Waals surface area contributed by atoms with Gasteiger partial charge in [0.15, 0.2) is 5.72 Å². The normalized spacial score (nSPS) is 29.2. The molecule has 3 aliphatic heterocycles. The Hall–Kier alpha value is -4.18. The number of aliphatic carboxylic acids is 1. The number of carbonyl (C=O) groups excluding carboxylic acids is 4. The number of fused-ring (bicyclic) bond motifs is 5. The average molecular weight is 778 g/mol. The van der Waals surface area contributed by atoms with Crippen molar-refractivity contribution in [2.75, 3.05) is 33.2 Å². The first-order valence-electron chi connectivity index (χ1n) is 17.9. The summed E-state index contributed by atoms with van der Waals surface area (Å²) in [6.45, 7) is 6.86. The lowest BCUT2D eigenvalue weighted by Crippen LogP contribution is -2.63. The van der Waals surface area contributed by atoms with Gasteiger partial charge in [-0.3, -0.25) is 19.7 Å². The molecule has 0 saturated carbocycles. The van der Waals surface area contributed by atoms with E-state index in [0.717, 1.165) is 11.1 Å². The number of methoxy groups -OCH3 is 2. The largest absolute Gasteiger partial charge is 0.495 e. The lowest BCUT2D eigenvalue weighted by Gasteiger charge is -2.42. The Labute approximate surface area is 320 Å². The number of hydrogen-bond acceptors (Lipinski definition) is 11. The van der Waals surface area contributed by atoms with Gasteiger partial charge in [0.1, 0.15) is 40.7 Å². The van der Waals surface area contributed by atoms with Crippen molar-refractivity contribution in [3.05, 3.63) is 46.5 Å². The molecule has 0 radical (unpaired) electrons. The Bertz CT molecular complexity index is 1670. The molecule has 0 aliphatic carbocycles. The van der Waals surface area contributed by atoms with Crippen LogP contribution in [-0.2, 0) is 44.5 Å². The number of carboxylic acids is 1. The number of nitrogens with zero attached hydrogens (tertiary/aromatic N) is 2. The first kappa shape index (κ1) is 42.6. The maximum absolute atomic E-state index is 14.1. The first-order valence-corrected chi connectivity index (χ1v) is 18.3. The number of anilines is 1. The number of carbonyl (C=O) groups is 5. The van der Waals surface area contributed by atoms with Gasteiger partial charge in [0.05, 0.1) is 25.3 Å². The monoisotopic (exact) mass is 777 g/mol. The Morgan fingerprint density at radius 3 is 2.52 bits per heavy atom. The summed E-state index contributed by atoms with van der Waals surface area (Å²) in [5, 5.41) is 23.3. The van der Waals surface area contributed by atoms with Gasteiger partial charge in [-0.25, -0.2) is 9.59 Å². The Kier molecular flexibility index (Phi) is 13.8. The van der Waals surface area contributed by atoms with Crippen LogP contribution in [0.2, 0.25) is 5.02 Å². The van der Waals surface area contributed by atoms with E-state index in [1.807, 2.05) is 13.0 Å². The molecule has 4 bridgehead atoms. The Morgan fingerprint density at radius 1 is 1.19 bits per heavy atom. The molecular formula is C38H52ClN3O12. The molecule has 3 aliphatic rings. The summed E-state index contributed by atoms with van der Waals surface area (Å²) in [6, 6.07) is 2.48. The molecule has 1 aromatic rings. The molecule has 3 N–H and O–H groups in total. The number of likely N-dealkylation sites (N-methyl/N-ethyl adjacent to an activating group) is 1. The number of amides is 3. The third-order valence-electron chi connectivity index (χ3n) is 10.6. The van der Waals surface area contributed by atoms with E-state index in [9.17, 15) is 29.1 Å². The van der Waals surface area contributed by atoms with Crippen LogP contribution in [0.1, 0.15) is 71.8 Å². The number of epoxide rings is 1. The Morgan fingerprint density at radius 2 is 1.87 bits per heavy atom. The van der Waals surface area contributed by atoms with Crippen molar-refractivity contribution in [3.63, 3.8) is 0 Å². The molecule has 298 valence electrons. The summed E-state index contributed by atoms with van der Waals surface area (Å²) < 4.78 is 29.1. The van der Waals surface area contributed by atoms with E-state index in [4.69, 9.17) is 40.4 Å². The van der Waals surface area contributed by atoms with Crippen LogP contribution in [0.15, 0.2) is 35.9 Å². The molecule has 2 saturated heterocycles. The van der Waals surface area contributed by atoms with Gasteiger partial charge in [0.25, 0.3) is 0 Å². The summed E-state index contributed by atoms with van der Waals surface area (Å²) in [5.74, 6) is -2.80. The highest BCUT2D eigenvalue weighted by atomic mass is 35.5. The number of ether oxygens (including phenoxy) is 5. The highest BCUT2D eigenvalue weighted by Gasteiger charge is 2.64. The number of benzene rings is 1. The highest BCUT2D eigenvalue weighted by molar-refractivity contribution is 6.35. The second-order valence-corrected chi connectivity index (χ2v) is 14.9. The van der Waals surface area contributed by atoms with E-state index in [-0.39, 0.29) is 36.6 Å². The van der Waals surface area contributed by atoms with E-state index < -0.39 is 71.6 Å². The maximum atomic E-state index is 14.1. The second-order valence-electron chi connectivity index (χ2n) is 14.5. The van der Waals surface area contributed by atoms with E-state index in [1.165, 1.54) is 38.0 Å². The number of rotatable bonds is 10. The second kappa shape index (κ2) is 17.5. The van der Waals surface area contributed by atoms with Crippen molar-refractivity contribution < 1.29 is 57.9 Å². The average Bonchev–Trinajstić information content (AvgIpc) is 3.81. The summed E-state index contributed by atoms with van der Waals surface area (Å²) in [5.41, 5.74) is -1.05. The molecule has 4 rings (SSSR count). The van der Waals surface area contributed by atoms with Gasteiger partial charge in [-0.05, 0) is 57.7 Å². The minimum Gasteiger partial charge on any atom is -0.495 e. The number of esters is 1. The van der Waals surface area contributed by atoms with Crippen LogP contribution >= 0.6 is 11.6 Å². The van der Waals surface area contributed by atoms with Crippen molar-refractivity contribution in [1.82, 2.24) is 10.2 Å². The lowest BCUT2D eigenvalue weighted by atomic mass is 9.83. The molecule has 0 spiro atoms. The van der Waals surface area contributed by atoms with Gasteiger partial charge < -0.3 is 43.7 Å². The minimum absolute atomic E-state index is 0.0359. The lowest BCUT2D eigenvalue weighted by molar-refractivity contribution is -0.162. The van der Waals surface area contributed by atoms with Gasteiger partial charge in [0, 0.05) is 46.4 Å². The molecule has 0 aromatic heterocycles. The van der Waals surface area contributed by atoms with E-state index >= 15 is 0 Å². The fourth-order valence-electron chi connectivity index (χ4n) is 6.95. The maximum Gasteiger partial charge on any atom is 0.409 e. The summed E-state index contributed by atoms with van der Waals surface area (Å²) in [4.78, 5) is 67.0. The van der Waals surface area contributed by atoms with Crippen LogP contribution in [0.4, 0.5) is 10.5 Å². The number of aliphatic hydroxyl groups is 1. The zero-order valence-electron chi connectivity index (χ0n) is 32.0. The van der Waals surface area contributed by atoms with E-state index in [2.05, 4.69) is 5.32 Å². The van der Waals surface area contributed by atoms with Gasteiger partial charge in [-0.1, -0.05) is 42.3 Å². The van der Waals surface area contributed by atoms with Crippen LogP contribution in [0.5, 0.6) is 5.75 Å².